The van der Waals surface area contributed by atoms with Crippen LogP contribution in [0.3, 0.4) is 0 Å². The first-order valence-electron chi connectivity index (χ1n) is 6.92. The standard InChI is InChI=1S/C17H17N3O2/c1-17(21,11-7-9-12(22-2)10-8-11)15-13-5-3-4-6-14(13)19-16(18)20-15/h3-10,21H,1-2H3,(H2,18,19,20). The van der Waals surface area contributed by atoms with Crippen LogP contribution in [0.5, 0.6) is 5.75 Å². The first-order chi connectivity index (χ1) is 10.5. The number of fused-ring (bicyclic) bond motifs is 1. The monoisotopic (exact) mass is 295 g/mol. The van der Waals surface area contributed by atoms with E-state index in [1.54, 1.807) is 26.2 Å². The van der Waals surface area contributed by atoms with E-state index in [0.717, 1.165) is 11.1 Å². The van der Waals surface area contributed by atoms with Gasteiger partial charge in [-0.3, -0.25) is 0 Å². The second kappa shape index (κ2) is 5.27. The maximum Gasteiger partial charge on any atom is 0.220 e. The highest BCUT2D eigenvalue weighted by Gasteiger charge is 2.30. The topological polar surface area (TPSA) is 81.3 Å². The van der Waals surface area contributed by atoms with Crippen LogP contribution in [0.25, 0.3) is 10.9 Å². The molecule has 2 aromatic carbocycles. The number of benzene rings is 2. The number of nitrogens with zero attached hydrogens (tertiary/aromatic N) is 2. The summed E-state index contributed by atoms with van der Waals surface area (Å²) in [5.41, 5.74) is 6.40. The van der Waals surface area contributed by atoms with Gasteiger partial charge in [0, 0.05) is 5.39 Å². The molecule has 0 aliphatic rings. The van der Waals surface area contributed by atoms with E-state index in [1.807, 2.05) is 36.4 Å². The Morgan fingerprint density at radius 3 is 2.41 bits per heavy atom. The lowest BCUT2D eigenvalue weighted by Gasteiger charge is -2.25. The number of para-hydroxylation sites is 1. The van der Waals surface area contributed by atoms with Crippen LogP contribution in [0, 0.1) is 0 Å². The van der Waals surface area contributed by atoms with Crippen molar-refractivity contribution in [3.8, 4) is 5.75 Å². The highest BCUT2D eigenvalue weighted by Crippen LogP contribution is 2.33. The van der Waals surface area contributed by atoms with Crippen molar-refractivity contribution in [2.45, 2.75) is 12.5 Å². The van der Waals surface area contributed by atoms with Crippen LogP contribution >= 0.6 is 0 Å². The van der Waals surface area contributed by atoms with Gasteiger partial charge in [0.15, 0.2) is 0 Å². The summed E-state index contributed by atoms with van der Waals surface area (Å²) < 4.78 is 5.15. The summed E-state index contributed by atoms with van der Waals surface area (Å²) in [5.74, 6) is 0.870. The molecule has 1 unspecified atom stereocenters. The second-order valence-corrected chi connectivity index (χ2v) is 5.25. The highest BCUT2D eigenvalue weighted by molar-refractivity contribution is 5.83. The minimum atomic E-state index is -1.29. The largest absolute Gasteiger partial charge is 0.497 e. The maximum absolute atomic E-state index is 11.1. The number of nitrogen functional groups attached to an aromatic ring is 1. The Bertz CT molecular complexity index is 814. The van der Waals surface area contributed by atoms with Gasteiger partial charge in [-0.1, -0.05) is 30.3 Å². The zero-order valence-corrected chi connectivity index (χ0v) is 12.4. The zero-order chi connectivity index (χ0) is 15.7. The Hall–Kier alpha value is -2.66. The average Bonchev–Trinajstić information content (AvgIpc) is 2.54. The summed E-state index contributed by atoms with van der Waals surface area (Å²) in [6.07, 6.45) is 0. The smallest absolute Gasteiger partial charge is 0.220 e. The molecule has 0 aliphatic carbocycles. The lowest BCUT2D eigenvalue weighted by molar-refractivity contribution is 0.0991. The van der Waals surface area contributed by atoms with Crippen molar-refractivity contribution in [3.05, 3.63) is 59.8 Å². The molecule has 0 aliphatic heterocycles. The number of ether oxygens (including phenoxy) is 1. The van der Waals surface area contributed by atoms with Crippen molar-refractivity contribution in [1.82, 2.24) is 9.97 Å². The van der Waals surface area contributed by atoms with E-state index in [-0.39, 0.29) is 5.95 Å². The minimum Gasteiger partial charge on any atom is -0.497 e. The Kier molecular flexibility index (Phi) is 3.42. The van der Waals surface area contributed by atoms with Gasteiger partial charge < -0.3 is 15.6 Å². The summed E-state index contributed by atoms with van der Waals surface area (Å²) in [6.45, 7) is 1.70. The Balaban J connectivity index is 2.19. The van der Waals surface area contributed by atoms with Crippen LogP contribution in [-0.4, -0.2) is 22.2 Å². The van der Waals surface area contributed by atoms with E-state index in [2.05, 4.69) is 9.97 Å². The summed E-state index contributed by atoms with van der Waals surface area (Å²) >= 11 is 0. The number of nitrogens with two attached hydrogens (primary N) is 1. The van der Waals surface area contributed by atoms with Crippen LogP contribution < -0.4 is 10.5 Å². The molecule has 5 heteroatoms. The van der Waals surface area contributed by atoms with Crippen molar-refractivity contribution in [2.75, 3.05) is 12.8 Å². The normalized spacial score (nSPS) is 13.8. The molecule has 0 saturated carbocycles. The quantitative estimate of drug-likeness (QED) is 0.776. The molecule has 1 atom stereocenters. The van der Waals surface area contributed by atoms with E-state index in [1.165, 1.54) is 0 Å². The third kappa shape index (κ3) is 2.35. The molecular formula is C17H17N3O2. The van der Waals surface area contributed by atoms with Crippen LogP contribution in [-0.2, 0) is 5.60 Å². The molecule has 0 radical (unpaired) electrons. The zero-order valence-electron chi connectivity index (χ0n) is 12.4. The highest BCUT2D eigenvalue weighted by atomic mass is 16.5. The molecule has 1 aromatic heterocycles. The third-order valence-corrected chi connectivity index (χ3v) is 3.73. The average molecular weight is 295 g/mol. The molecule has 22 heavy (non-hydrogen) atoms. The van der Waals surface area contributed by atoms with Crippen molar-refractivity contribution < 1.29 is 9.84 Å². The van der Waals surface area contributed by atoms with Gasteiger partial charge in [0.1, 0.15) is 11.4 Å². The van der Waals surface area contributed by atoms with E-state index < -0.39 is 5.60 Å². The summed E-state index contributed by atoms with van der Waals surface area (Å²) in [6, 6.07) is 14.7. The Morgan fingerprint density at radius 2 is 1.73 bits per heavy atom. The molecule has 112 valence electrons. The molecule has 0 amide bonds. The molecule has 5 nitrogen and oxygen atoms in total. The number of hydrogen-bond donors (Lipinski definition) is 2. The first-order valence-corrected chi connectivity index (χ1v) is 6.92. The molecule has 1 heterocycles. The van der Waals surface area contributed by atoms with Gasteiger partial charge in [0.25, 0.3) is 0 Å². The van der Waals surface area contributed by atoms with Gasteiger partial charge in [0.05, 0.1) is 18.3 Å². The fourth-order valence-electron chi connectivity index (χ4n) is 2.52. The van der Waals surface area contributed by atoms with Crippen molar-refractivity contribution in [2.24, 2.45) is 0 Å². The number of rotatable bonds is 3. The number of anilines is 1. The fraction of sp³-hybridized carbons (Fsp3) is 0.176. The van der Waals surface area contributed by atoms with Gasteiger partial charge in [-0.2, -0.15) is 0 Å². The van der Waals surface area contributed by atoms with Crippen LogP contribution in [0.4, 0.5) is 5.95 Å². The van der Waals surface area contributed by atoms with E-state index >= 15 is 0 Å². The lowest BCUT2D eigenvalue weighted by atomic mass is 9.90. The summed E-state index contributed by atoms with van der Waals surface area (Å²) in [7, 11) is 1.60. The third-order valence-electron chi connectivity index (χ3n) is 3.73. The van der Waals surface area contributed by atoms with E-state index in [9.17, 15) is 5.11 Å². The SMILES string of the molecule is COc1ccc(C(C)(O)c2nc(N)nc3ccccc23)cc1. The Labute approximate surface area is 128 Å². The van der Waals surface area contributed by atoms with Crippen molar-refractivity contribution in [1.29, 1.82) is 0 Å². The molecule has 0 fully saturated rings. The molecule has 0 bridgehead atoms. The molecule has 3 N–H and O–H groups in total. The van der Waals surface area contributed by atoms with E-state index in [0.29, 0.717) is 16.8 Å². The molecule has 0 saturated heterocycles. The molecule has 3 rings (SSSR count). The minimum absolute atomic E-state index is 0.141. The number of methoxy groups -OCH3 is 1. The summed E-state index contributed by atoms with van der Waals surface area (Å²) in [4.78, 5) is 8.48. The first kappa shape index (κ1) is 14.3. The number of aromatic nitrogens is 2. The lowest BCUT2D eigenvalue weighted by Crippen LogP contribution is -2.25. The summed E-state index contributed by atoms with van der Waals surface area (Å²) in [5, 5.41) is 11.8. The predicted molar refractivity (Wildman–Crippen MR) is 85.6 cm³/mol. The van der Waals surface area contributed by atoms with Gasteiger partial charge in [0.2, 0.25) is 5.95 Å². The van der Waals surface area contributed by atoms with Crippen LogP contribution in [0.1, 0.15) is 18.2 Å². The molecule has 3 aromatic rings. The van der Waals surface area contributed by atoms with E-state index in [4.69, 9.17) is 10.5 Å². The second-order valence-electron chi connectivity index (χ2n) is 5.25. The van der Waals surface area contributed by atoms with Crippen molar-refractivity contribution in [3.63, 3.8) is 0 Å². The van der Waals surface area contributed by atoms with Gasteiger partial charge in [-0.15, -0.1) is 0 Å². The Morgan fingerprint density at radius 1 is 1.05 bits per heavy atom. The van der Waals surface area contributed by atoms with Crippen molar-refractivity contribution >= 4 is 16.9 Å². The fourth-order valence-corrected chi connectivity index (χ4v) is 2.52. The molecular weight excluding hydrogens is 278 g/mol. The maximum atomic E-state index is 11.1. The number of hydrogen-bond acceptors (Lipinski definition) is 5. The van der Waals surface area contributed by atoms with Gasteiger partial charge in [-0.25, -0.2) is 9.97 Å². The predicted octanol–water partition coefficient (Wildman–Crippen LogP) is 2.48. The van der Waals surface area contributed by atoms with Crippen LogP contribution in [0.15, 0.2) is 48.5 Å². The van der Waals surface area contributed by atoms with Crippen LogP contribution in [0.2, 0.25) is 0 Å². The van der Waals surface area contributed by atoms with Gasteiger partial charge >= 0.3 is 0 Å². The number of aliphatic hydroxyl groups is 1. The van der Waals surface area contributed by atoms with Gasteiger partial charge in [-0.05, 0) is 30.7 Å². The molecule has 0 spiro atoms.